The van der Waals surface area contributed by atoms with Gasteiger partial charge in [-0.05, 0) is 46.8 Å². The highest BCUT2D eigenvalue weighted by Crippen LogP contribution is 2.52. The fraction of sp³-hybridized carbons (Fsp3) is 0.314. The molecule has 1 aliphatic heterocycles. The van der Waals surface area contributed by atoms with Crippen LogP contribution in [0.3, 0.4) is 0 Å². The Morgan fingerprint density at radius 3 is 2.13 bits per heavy atom. The summed E-state index contributed by atoms with van der Waals surface area (Å²) in [6.07, 6.45) is 5.67. The zero-order valence-corrected chi connectivity index (χ0v) is 23.1. The van der Waals surface area contributed by atoms with Crippen molar-refractivity contribution in [3.63, 3.8) is 0 Å². The van der Waals surface area contributed by atoms with Gasteiger partial charge in [-0.25, -0.2) is 4.99 Å². The number of aromatic nitrogens is 1. The van der Waals surface area contributed by atoms with Gasteiger partial charge >= 0.3 is 0 Å². The van der Waals surface area contributed by atoms with Crippen molar-refractivity contribution in [3.05, 3.63) is 102 Å². The van der Waals surface area contributed by atoms with Gasteiger partial charge < -0.3 is 9.47 Å². The van der Waals surface area contributed by atoms with E-state index < -0.39 is 0 Å². The monoisotopic (exact) mass is 512 g/mol. The van der Waals surface area contributed by atoms with Gasteiger partial charge in [0.25, 0.3) is 0 Å². The van der Waals surface area contributed by atoms with Crippen LogP contribution in [0.1, 0.15) is 51.2 Å². The van der Waals surface area contributed by atoms with Crippen molar-refractivity contribution in [1.82, 2.24) is 9.47 Å². The number of likely N-dealkylation sites (tertiary alicyclic amines) is 1. The lowest BCUT2D eigenvalue weighted by molar-refractivity contribution is 0.133. The molecular weight excluding hydrogens is 476 g/mol. The van der Waals surface area contributed by atoms with Gasteiger partial charge in [-0.2, -0.15) is 5.26 Å². The maximum absolute atomic E-state index is 10.6. The van der Waals surface area contributed by atoms with Crippen LogP contribution in [-0.2, 0) is 6.54 Å². The van der Waals surface area contributed by atoms with Crippen LogP contribution in [0, 0.1) is 22.2 Å². The molecule has 0 unspecified atom stereocenters. The number of hydrogen-bond donors (Lipinski definition) is 0. The third-order valence-electron chi connectivity index (χ3n) is 8.42. The molecule has 0 amide bonds. The van der Waals surface area contributed by atoms with Crippen LogP contribution >= 0.6 is 0 Å². The SMILES string of the molecule is CC1(C)C[C@@H]2C[C@@](C)(CN2C=Nc2c(C#N)c(-c3ccccc3)c(-c3ccccc3)n2Cc2ccccc2)C1. The van der Waals surface area contributed by atoms with E-state index in [-0.39, 0.29) is 0 Å². The van der Waals surface area contributed by atoms with E-state index in [4.69, 9.17) is 4.99 Å². The van der Waals surface area contributed by atoms with Gasteiger partial charge in [0.1, 0.15) is 11.6 Å². The standard InChI is InChI=1S/C35H36N4/c1-34(2)19-29-20-35(3,23-34)24-38(29)25-37-33-30(21-36)31(27-15-9-5-10-16-27)32(28-17-11-6-12-18-28)39(33)22-26-13-7-4-8-14-26/h4-18,25,29H,19-20,22-24H2,1-3H3/t29-,35-/m1/s1. The normalized spacial score (nSPS) is 21.8. The number of fused-ring (bicyclic) bond motifs is 2. The van der Waals surface area contributed by atoms with Crippen molar-refractivity contribution >= 4 is 12.2 Å². The molecule has 0 spiro atoms. The van der Waals surface area contributed by atoms with Gasteiger partial charge in [-0.15, -0.1) is 0 Å². The van der Waals surface area contributed by atoms with Gasteiger partial charge in [0.05, 0.1) is 12.0 Å². The van der Waals surface area contributed by atoms with Gasteiger partial charge in [-0.3, -0.25) is 0 Å². The van der Waals surface area contributed by atoms with Crippen molar-refractivity contribution in [2.75, 3.05) is 6.54 Å². The molecule has 6 rings (SSSR count). The van der Waals surface area contributed by atoms with Crippen molar-refractivity contribution in [3.8, 4) is 28.5 Å². The molecule has 0 N–H and O–H groups in total. The molecule has 2 aliphatic rings. The van der Waals surface area contributed by atoms with E-state index in [0.717, 1.165) is 34.7 Å². The fourth-order valence-corrected chi connectivity index (χ4v) is 7.32. The molecule has 2 atom stereocenters. The summed E-state index contributed by atoms with van der Waals surface area (Å²) < 4.78 is 2.25. The van der Waals surface area contributed by atoms with Crippen molar-refractivity contribution in [2.24, 2.45) is 15.8 Å². The lowest BCUT2D eigenvalue weighted by Gasteiger charge is -2.39. The first-order valence-electron chi connectivity index (χ1n) is 14.0. The summed E-state index contributed by atoms with van der Waals surface area (Å²) in [7, 11) is 0. The molecule has 39 heavy (non-hydrogen) atoms. The summed E-state index contributed by atoms with van der Waals surface area (Å²) in [5.41, 5.74) is 6.54. The highest BCUT2D eigenvalue weighted by Gasteiger charge is 2.49. The minimum absolute atomic E-state index is 0.312. The number of nitrogens with zero attached hydrogens (tertiary/aromatic N) is 4. The number of benzene rings is 3. The minimum atomic E-state index is 0.312. The van der Waals surface area contributed by atoms with Crippen LogP contribution in [0.15, 0.2) is 96.0 Å². The predicted octanol–water partition coefficient (Wildman–Crippen LogP) is 8.30. The Bertz CT molecular complexity index is 1530. The second kappa shape index (κ2) is 9.89. The largest absolute Gasteiger partial charge is 0.359 e. The Morgan fingerprint density at radius 1 is 0.872 bits per heavy atom. The number of aliphatic imine (C=N–C) groups is 1. The predicted molar refractivity (Wildman–Crippen MR) is 160 cm³/mol. The average molecular weight is 513 g/mol. The van der Waals surface area contributed by atoms with E-state index in [1.54, 1.807) is 0 Å². The Morgan fingerprint density at radius 2 is 1.49 bits per heavy atom. The average Bonchev–Trinajstić information content (AvgIpc) is 3.37. The summed E-state index contributed by atoms with van der Waals surface area (Å²) in [6.45, 7) is 8.87. The Balaban J connectivity index is 1.54. The number of nitriles is 1. The van der Waals surface area contributed by atoms with E-state index in [1.165, 1.54) is 24.8 Å². The second-order valence-electron chi connectivity index (χ2n) is 12.5. The van der Waals surface area contributed by atoms with E-state index >= 15 is 0 Å². The van der Waals surface area contributed by atoms with Crippen LogP contribution in [-0.4, -0.2) is 28.4 Å². The Labute approximate surface area is 232 Å². The fourth-order valence-electron chi connectivity index (χ4n) is 7.32. The van der Waals surface area contributed by atoms with Crippen molar-refractivity contribution < 1.29 is 0 Å². The lowest BCUT2D eigenvalue weighted by atomic mass is 9.65. The molecule has 0 radical (unpaired) electrons. The number of hydrogen-bond acceptors (Lipinski definition) is 2. The summed E-state index contributed by atoms with van der Waals surface area (Å²) in [5.74, 6) is 0.727. The first-order chi connectivity index (χ1) is 18.9. The molecule has 196 valence electrons. The van der Waals surface area contributed by atoms with Gasteiger partial charge in [0.2, 0.25) is 0 Å². The topological polar surface area (TPSA) is 44.3 Å². The summed E-state index contributed by atoms with van der Waals surface area (Å²) >= 11 is 0. The van der Waals surface area contributed by atoms with Gasteiger partial charge in [-0.1, -0.05) is 112 Å². The molecule has 1 aromatic heterocycles. The third-order valence-corrected chi connectivity index (χ3v) is 8.42. The molecule has 2 fully saturated rings. The van der Waals surface area contributed by atoms with E-state index in [0.29, 0.717) is 29.0 Å². The molecule has 3 aromatic carbocycles. The molecular formula is C35H36N4. The zero-order chi connectivity index (χ0) is 27.0. The summed E-state index contributed by atoms with van der Waals surface area (Å²) in [6, 6.07) is 34.2. The molecule has 1 saturated carbocycles. The minimum Gasteiger partial charge on any atom is -0.359 e. The zero-order valence-electron chi connectivity index (χ0n) is 23.1. The van der Waals surface area contributed by atoms with Crippen molar-refractivity contribution in [2.45, 2.75) is 52.6 Å². The number of rotatable bonds is 6. The summed E-state index contributed by atoms with van der Waals surface area (Å²) in [4.78, 5) is 7.61. The lowest BCUT2D eigenvalue weighted by Crippen LogP contribution is -2.34. The maximum atomic E-state index is 10.6. The van der Waals surface area contributed by atoms with Crippen LogP contribution < -0.4 is 0 Å². The smallest absolute Gasteiger partial charge is 0.153 e. The molecule has 4 aromatic rings. The van der Waals surface area contributed by atoms with E-state index in [9.17, 15) is 5.26 Å². The first kappa shape index (κ1) is 25.2. The maximum Gasteiger partial charge on any atom is 0.153 e. The van der Waals surface area contributed by atoms with E-state index in [1.807, 2.05) is 36.7 Å². The first-order valence-corrected chi connectivity index (χ1v) is 14.0. The quantitative estimate of drug-likeness (QED) is 0.193. The molecule has 1 aliphatic carbocycles. The Kier molecular flexibility index (Phi) is 6.39. The van der Waals surface area contributed by atoms with Crippen LogP contribution in [0.5, 0.6) is 0 Å². The van der Waals surface area contributed by atoms with Crippen LogP contribution in [0.2, 0.25) is 0 Å². The molecule has 4 nitrogen and oxygen atoms in total. The summed E-state index contributed by atoms with van der Waals surface area (Å²) in [5, 5.41) is 10.6. The van der Waals surface area contributed by atoms with E-state index in [2.05, 4.69) is 97.0 Å². The van der Waals surface area contributed by atoms with Crippen LogP contribution in [0.4, 0.5) is 5.82 Å². The molecule has 1 saturated heterocycles. The molecule has 2 bridgehead atoms. The Hall–Kier alpha value is -4.10. The van der Waals surface area contributed by atoms with Gasteiger partial charge in [0.15, 0.2) is 5.82 Å². The van der Waals surface area contributed by atoms with Crippen molar-refractivity contribution in [1.29, 1.82) is 5.26 Å². The second-order valence-corrected chi connectivity index (χ2v) is 12.5. The highest BCUT2D eigenvalue weighted by molar-refractivity contribution is 5.91. The van der Waals surface area contributed by atoms with Gasteiger partial charge in [0, 0.05) is 24.7 Å². The molecule has 4 heteroatoms. The highest BCUT2D eigenvalue weighted by atomic mass is 15.2. The third kappa shape index (κ3) is 4.90. The molecule has 2 heterocycles. The van der Waals surface area contributed by atoms with Crippen LogP contribution in [0.25, 0.3) is 22.4 Å².